The van der Waals surface area contributed by atoms with E-state index in [4.69, 9.17) is 6.42 Å². The molecule has 0 bridgehead atoms. The Morgan fingerprint density at radius 3 is 2.55 bits per heavy atom. The van der Waals surface area contributed by atoms with Crippen LogP contribution < -0.4 is 0 Å². The van der Waals surface area contributed by atoms with Crippen molar-refractivity contribution in [2.45, 2.75) is 0 Å². The van der Waals surface area contributed by atoms with Gasteiger partial charge in [-0.05, 0) is 11.6 Å². The summed E-state index contributed by atoms with van der Waals surface area (Å²) in [7, 11) is 0. The summed E-state index contributed by atoms with van der Waals surface area (Å²) in [6.07, 6.45) is 8.40. The maximum Gasteiger partial charge on any atom is 0.0299 e. The SMILES string of the molecule is C#CC=C=Cc1ccccc1. The smallest absolute Gasteiger partial charge is 0.0299 e. The van der Waals surface area contributed by atoms with E-state index < -0.39 is 0 Å². The molecule has 52 valence electrons. The summed E-state index contributed by atoms with van der Waals surface area (Å²) in [5, 5.41) is 0. The molecule has 0 aliphatic rings. The third-order valence-corrected chi connectivity index (χ3v) is 1.22. The molecule has 0 heterocycles. The van der Waals surface area contributed by atoms with Crippen molar-refractivity contribution >= 4 is 6.08 Å². The van der Waals surface area contributed by atoms with E-state index in [-0.39, 0.29) is 0 Å². The highest BCUT2D eigenvalue weighted by molar-refractivity contribution is 5.48. The maximum atomic E-state index is 5.00. The fourth-order valence-electron chi connectivity index (χ4n) is 0.735. The van der Waals surface area contributed by atoms with Crippen LogP contribution in [0.15, 0.2) is 42.1 Å². The molecule has 0 nitrogen and oxygen atoms in total. The van der Waals surface area contributed by atoms with Gasteiger partial charge in [0.05, 0.1) is 0 Å². The van der Waals surface area contributed by atoms with E-state index in [0.29, 0.717) is 0 Å². The van der Waals surface area contributed by atoms with Crippen LogP contribution in [0.5, 0.6) is 0 Å². The summed E-state index contributed by atoms with van der Waals surface area (Å²) >= 11 is 0. The molecule has 0 amide bonds. The third-order valence-electron chi connectivity index (χ3n) is 1.22. The standard InChI is InChI=1S/C11H8/c1-2-3-5-8-11-9-6-4-7-10-11/h1,3-4,6-10H. The van der Waals surface area contributed by atoms with Crippen molar-refractivity contribution in [3.8, 4) is 12.3 Å². The number of benzene rings is 1. The Labute approximate surface area is 66.9 Å². The van der Waals surface area contributed by atoms with Gasteiger partial charge in [-0.25, -0.2) is 0 Å². The summed E-state index contributed by atoms with van der Waals surface area (Å²) in [6.45, 7) is 0. The van der Waals surface area contributed by atoms with Crippen LogP contribution in [-0.2, 0) is 0 Å². The van der Waals surface area contributed by atoms with Gasteiger partial charge in [0, 0.05) is 6.08 Å². The Balaban J connectivity index is 2.82. The highest BCUT2D eigenvalue weighted by atomic mass is 13.8. The van der Waals surface area contributed by atoms with Crippen LogP contribution in [0.1, 0.15) is 5.56 Å². The van der Waals surface area contributed by atoms with Crippen LogP contribution in [0.3, 0.4) is 0 Å². The van der Waals surface area contributed by atoms with E-state index in [9.17, 15) is 0 Å². The number of allylic oxidation sites excluding steroid dienone is 1. The molecule has 0 fully saturated rings. The van der Waals surface area contributed by atoms with Gasteiger partial charge in [0.2, 0.25) is 0 Å². The molecule has 0 saturated heterocycles. The zero-order valence-electron chi connectivity index (χ0n) is 6.12. The van der Waals surface area contributed by atoms with Crippen molar-refractivity contribution in [3.05, 3.63) is 47.7 Å². The third kappa shape index (κ3) is 2.58. The first-order chi connectivity index (χ1) is 5.43. The second-order valence-corrected chi connectivity index (χ2v) is 2.03. The van der Waals surface area contributed by atoms with E-state index in [0.717, 1.165) is 5.56 Å². The van der Waals surface area contributed by atoms with Crippen LogP contribution in [0.4, 0.5) is 0 Å². The van der Waals surface area contributed by atoms with Crippen LogP contribution >= 0.6 is 0 Å². The van der Waals surface area contributed by atoms with Crippen molar-refractivity contribution in [1.82, 2.24) is 0 Å². The van der Waals surface area contributed by atoms with E-state index >= 15 is 0 Å². The van der Waals surface area contributed by atoms with Crippen LogP contribution in [0.2, 0.25) is 0 Å². The first-order valence-electron chi connectivity index (χ1n) is 3.35. The first-order valence-corrected chi connectivity index (χ1v) is 3.35. The zero-order valence-corrected chi connectivity index (χ0v) is 6.12. The van der Waals surface area contributed by atoms with Crippen LogP contribution in [-0.4, -0.2) is 0 Å². The summed E-state index contributed by atoms with van der Waals surface area (Å²) in [5.74, 6) is 2.37. The highest BCUT2D eigenvalue weighted by Crippen LogP contribution is 1.98. The monoisotopic (exact) mass is 140 g/mol. The molecule has 0 radical (unpaired) electrons. The summed E-state index contributed by atoms with van der Waals surface area (Å²) < 4.78 is 0. The molecule has 0 saturated carbocycles. The van der Waals surface area contributed by atoms with Crippen molar-refractivity contribution in [1.29, 1.82) is 0 Å². The molecule has 11 heavy (non-hydrogen) atoms. The van der Waals surface area contributed by atoms with Gasteiger partial charge in [-0.1, -0.05) is 36.3 Å². The minimum Gasteiger partial charge on any atom is -0.115 e. The normalized spacial score (nSPS) is 7.55. The van der Waals surface area contributed by atoms with Gasteiger partial charge in [-0.15, -0.1) is 12.2 Å². The van der Waals surface area contributed by atoms with Crippen LogP contribution in [0.25, 0.3) is 6.08 Å². The van der Waals surface area contributed by atoms with Gasteiger partial charge in [0.1, 0.15) is 0 Å². The molecule has 1 rings (SSSR count). The number of hydrogen-bond acceptors (Lipinski definition) is 0. The molecule has 0 aromatic heterocycles. The minimum atomic E-state index is 1.11. The van der Waals surface area contributed by atoms with Crippen molar-refractivity contribution < 1.29 is 0 Å². The van der Waals surface area contributed by atoms with Gasteiger partial charge >= 0.3 is 0 Å². The number of rotatable bonds is 1. The average Bonchev–Trinajstić information content (AvgIpc) is 2.07. The Morgan fingerprint density at radius 1 is 1.18 bits per heavy atom. The number of hydrogen-bond donors (Lipinski definition) is 0. The summed E-state index contributed by atoms with van der Waals surface area (Å²) in [6, 6.07) is 9.92. The lowest BCUT2D eigenvalue weighted by Gasteiger charge is -1.85. The second-order valence-electron chi connectivity index (χ2n) is 2.03. The predicted molar refractivity (Wildman–Crippen MR) is 47.8 cm³/mol. The fraction of sp³-hybridized carbons (Fsp3) is 0. The zero-order chi connectivity index (χ0) is 7.94. The average molecular weight is 140 g/mol. The maximum absolute atomic E-state index is 5.00. The van der Waals surface area contributed by atoms with Gasteiger partial charge in [-0.3, -0.25) is 0 Å². The molecular weight excluding hydrogens is 132 g/mol. The number of terminal acetylenes is 1. The molecule has 1 aromatic rings. The van der Waals surface area contributed by atoms with E-state index in [1.807, 2.05) is 36.4 Å². The lowest BCUT2D eigenvalue weighted by atomic mass is 10.2. The molecule has 1 aromatic carbocycles. The highest BCUT2D eigenvalue weighted by Gasteiger charge is 1.78. The Morgan fingerprint density at radius 2 is 1.91 bits per heavy atom. The van der Waals surface area contributed by atoms with Crippen LogP contribution in [0, 0.1) is 12.3 Å². The topological polar surface area (TPSA) is 0 Å². The van der Waals surface area contributed by atoms with Gasteiger partial charge in [0.25, 0.3) is 0 Å². The molecule has 0 aliphatic heterocycles. The lowest BCUT2D eigenvalue weighted by molar-refractivity contribution is 1.66. The quantitative estimate of drug-likeness (QED) is 0.415. The molecular formula is C11H8. The van der Waals surface area contributed by atoms with E-state index in [2.05, 4.69) is 11.7 Å². The molecule has 0 spiro atoms. The predicted octanol–water partition coefficient (Wildman–Crippen LogP) is 2.49. The molecule has 0 unspecified atom stereocenters. The Kier molecular flexibility index (Phi) is 2.81. The van der Waals surface area contributed by atoms with Crippen molar-refractivity contribution in [3.63, 3.8) is 0 Å². The fourth-order valence-corrected chi connectivity index (χ4v) is 0.735. The molecule has 0 heteroatoms. The summed E-state index contributed by atoms with van der Waals surface area (Å²) in [4.78, 5) is 0. The van der Waals surface area contributed by atoms with Gasteiger partial charge < -0.3 is 0 Å². The minimum absolute atomic E-state index is 1.11. The van der Waals surface area contributed by atoms with Gasteiger partial charge in [-0.2, -0.15) is 0 Å². The molecule has 0 atom stereocenters. The first kappa shape index (κ1) is 7.41. The van der Waals surface area contributed by atoms with E-state index in [1.54, 1.807) is 6.08 Å². The lowest BCUT2D eigenvalue weighted by Crippen LogP contribution is -1.64. The van der Waals surface area contributed by atoms with E-state index in [1.165, 1.54) is 0 Å². The Bertz CT molecular complexity index is 306. The largest absolute Gasteiger partial charge is 0.115 e. The second kappa shape index (κ2) is 4.17. The Hall–Kier alpha value is -1.70. The van der Waals surface area contributed by atoms with Crippen molar-refractivity contribution in [2.24, 2.45) is 0 Å². The van der Waals surface area contributed by atoms with Gasteiger partial charge in [0.15, 0.2) is 0 Å². The molecule has 0 N–H and O–H groups in total. The molecule has 0 aliphatic carbocycles. The van der Waals surface area contributed by atoms with Crippen molar-refractivity contribution in [2.75, 3.05) is 0 Å². The summed E-state index contributed by atoms with van der Waals surface area (Å²) in [5.41, 5.74) is 3.98.